The highest BCUT2D eigenvalue weighted by molar-refractivity contribution is 6.07. The van der Waals surface area contributed by atoms with Crippen molar-refractivity contribution < 1.29 is 68.4 Å². The number of aromatic nitrogens is 1. The van der Waals surface area contributed by atoms with Gasteiger partial charge >= 0.3 is 18.7 Å². The zero-order chi connectivity index (χ0) is 29.8. The van der Waals surface area contributed by atoms with Gasteiger partial charge in [-0.2, -0.15) is 4.39 Å². The summed E-state index contributed by atoms with van der Waals surface area (Å²) in [6.45, 7) is 0. The second-order valence-corrected chi connectivity index (χ2v) is 7.23. The fourth-order valence-electron chi connectivity index (χ4n) is 3.07. The Kier molecular flexibility index (Phi) is 8.55. The van der Waals surface area contributed by atoms with Crippen LogP contribution in [0.2, 0.25) is 0 Å². The van der Waals surface area contributed by atoms with Crippen molar-refractivity contribution in [2.75, 3.05) is 19.5 Å². The van der Waals surface area contributed by atoms with Gasteiger partial charge < -0.3 is 29.0 Å². The van der Waals surface area contributed by atoms with Crippen molar-refractivity contribution >= 4 is 17.6 Å². The standard InChI is InChI=1S/C23H14F8N2O7/c1-36-19-15(6-5-14(18(19)25)40-23(29,30)31)38-12-3-4-13(39-22(26,27)28)17(24)16(12)20(34)33-10-7-8-32-11(9-10)21(35)37-2/h3-9H,1-2H3,(H,32,33,34). The summed E-state index contributed by atoms with van der Waals surface area (Å²) in [6, 6.07) is 4.38. The minimum absolute atomic E-state index is 0.190. The van der Waals surface area contributed by atoms with Crippen LogP contribution in [0.15, 0.2) is 42.6 Å². The Morgan fingerprint density at radius 2 is 1.35 bits per heavy atom. The molecule has 214 valence electrons. The zero-order valence-electron chi connectivity index (χ0n) is 19.9. The van der Waals surface area contributed by atoms with E-state index in [9.17, 15) is 40.3 Å². The average Bonchev–Trinajstić information content (AvgIpc) is 2.85. The second kappa shape index (κ2) is 11.5. The van der Waals surface area contributed by atoms with Crippen LogP contribution in [-0.4, -0.2) is 43.8 Å². The summed E-state index contributed by atoms with van der Waals surface area (Å²) in [5.41, 5.74) is -1.70. The number of alkyl halides is 6. The number of nitrogens with zero attached hydrogens (tertiary/aromatic N) is 1. The number of benzene rings is 2. The monoisotopic (exact) mass is 582 g/mol. The van der Waals surface area contributed by atoms with Gasteiger partial charge in [-0.3, -0.25) is 4.79 Å². The Bertz CT molecular complexity index is 1430. The summed E-state index contributed by atoms with van der Waals surface area (Å²) >= 11 is 0. The third-order valence-electron chi connectivity index (χ3n) is 4.61. The summed E-state index contributed by atoms with van der Waals surface area (Å²) in [5.74, 6) is -11.3. The lowest BCUT2D eigenvalue weighted by Crippen LogP contribution is -2.21. The Balaban J connectivity index is 2.08. The first-order valence-electron chi connectivity index (χ1n) is 10.4. The van der Waals surface area contributed by atoms with Crippen LogP contribution >= 0.6 is 0 Å². The van der Waals surface area contributed by atoms with Crippen LogP contribution in [0.3, 0.4) is 0 Å². The molecule has 2 aromatic carbocycles. The molecule has 1 N–H and O–H groups in total. The fourth-order valence-corrected chi connectivity index (χ4v) is 3.07. The first-order chi connectivity index (χ1) is 18.6. The van der Waals surface area contributed by atoms with Crippen molar-refractivity contribution in [1.29, 1.82) is 0 Å². The van der Waals surface area contributed by atoms with E-state index in [2.05, 4.69) is 24.5 Å². The predicted octanol–water partition coefficient (Wildman–Crippen LogP) is 6.00. The number of rotatable bonds is 8. The van der Waals surface area contributed by atoms with E-state index < -0.39 is 70.5 Å². The summed E-state index contributed by atoms with van der Waals surface area (Å²) in [5, 5.41) is 2.12. The Morgan fingerprint density at radius 1 is 0.800 bits per heavy atom. The number of nitrogens with one attached hydrogen (secondary N) is 1. The number of pyridine rings is 1. The van der Waals surface area contributed by atoms with Crippen molar-refractivity contribution in [3.8, 4) is 28.7 Å². The largest absolute Gasteiger partial charge is 0.573 e. The minimum atomic E-state index is -5.38. The van der Waals surface area contributed by atoms with E-state index in [1.807, 2.05) is 0 Å². The molecule has 0 saturated heterocycles. The second-order valence-electron chi connectivity index (χ2n) is 7.23. The maximum Gasteiger partial charge on any atom is 0.573 e. The van der Waals surface area contributed by atoms with Crippen LogP contribution < -0.4 is 24.3 Å². The van der Waals surface area contributed by atoms with Gasteiger partial charge in [-0.25, -0.2) is 14.2 Å². The normalized spacial score (nSPS) is 11.4. The molecule has 40 heavy (non-hydrogen) atoms. The minimum Gasteiger partial charge on any atom is -0.490 e. The van der Waals surface area contributed by atoms with Crippen LogP contribution in [-0.2, 0) is 4.74 Å². The molecule has 1 heterocycles. The molecular formula is C23H14F8N2O7. The van der Waals surface area contributed by atoms with E-state index in [0.717, 1.165) is 32.5 Å². The summed E-state index contributed by atoms with van der Waals surface area (Å²) < 4.78 is 127. The van der Waals surface area contributed by atoms with Gasteiger partial charge in [0.25, 0.3) is 5.91 Å². The molecule has 1 amide bonds. The van der Waals surface area contributed by atoms with Crippen molar-refractivity contribution in [3.63, 3.8) is 0 Å². The maximum absolute atomic E-state index is 15.2. The van der Waals surface area contributed by atoms with Gasteiger partial charge in [0.2, 0.25) is 11.6 Å². The van der Waals surface area contributed by atoms with E-state index >= 15 is 4.39 Å². The molecule has 0 aliphatic rings. The molecule has 3 aromatic rings. The lowest BCUT2D eigenvalue weighted by atomic mass is 10.1. The summed E-state index contributed by atoms with van der Waals surface area (Å²) in [6.07, 6.45) is -9.60. The predicted molar refractivity (Wildman–Crippen MR) is 116 cm³/mol. The van der Waals surface area contributed by atoms with Crippen LogP contribution in [0, 0.1) is 11.6 Å². The van der Waals surface area contributed by atoms with Gasteiger partial charge in [-0.1, -0.05) is 0 Å². The average molecular weight is 582 g/mol. The quantitative estimate of drug-likeness (QED) is 0.255. The van der Waals surface area contributed by atoms with Gasteiger partial charge in [-0.15, -0.1) is 26.3 Å². The highest BCUT2D eigenvalue weighted by Gasteiger charge is 2.36. The van der Waals surface area contributed by atoms with Gasteiger partial charge in [0, 0.05) is 11.9 Å². The van der Waals surface area contributed by atoms with Crippen LogP contribution in [0.25, 0.3) is 0 Å². The van der Waals surface area contributed by atoms with Crippen molar-refractivity contribution in [2.45, 2.75) is 12.7 Å². The van der Waals surface area contributed by atoms with E-state index in [1.54, 1.807) is 0 Å². The van der Waals surface area contributed by atoms with Crippen molar-refractivity contribution in [2.24, 2.45) is 0 Å². The third-order valence-corrected chi connectivity index (χ3v) is 4.61. The number of amides is 1. The molecule has 9 nitrogen and oxygen atoms in total. The number of carbonyl (C=O) groups excluding carboxylic acids is 2. The number of hydrogen-bond donors (Lipinski definition) is 1. The molecule has 0 spiro atoms. The number of esters is 1. The highest BCUT2D eigenvalue weighted by atomic mass is 19.4. The molecule has 0 atom stereocenters. The Hall–Kier alpha value is -4.83. The van der Waals surface area contributed by atoms with E-state index in [0.29, 0.717) is 24.3 Å². The van der Waals surface area contributed by atoms with Crippen LogP contribution in [0.1, 0.15) is 20.8 Å². The number of ether oxygens (including phenoxy) is 5. The van der Waals surface area contributed by atoms with E-state index in [1.165, 1.54) is 0 Å². The van der Waals surface area contributed by atoms with Gasteiger partial charge in [0.05, 0.1) is 14.2 Å². The zero-order valence-corrected chi connectivity index (χ0v) is 19.9. The van der Waals surface area contributed by atoms with Gasteiger partial charge in [0.15, 0.2) is 23.1 Å². The van der Waals surface area contributed by atoms with Crippen molar-refractivity contribution in [1.82, 2.24) is 4.98 Å². The smallest absolute Gasteiger partial charge is 0.490 e. The molecule has 0 aliphatic heterocycles. The van der Waals surface area contributed by atoms with Gasteiger partial charge in [0.1, 0.15) is 17.0 Å². The molecule has 0 fully saturated rings. The van der Waals surface area contributed by atoms with Gasteiger partial charge in [-0.05, 0) is 36.4 Å². The third kappa shape index (κ3) is 7.17. The molecule has 1 aromatic heterocycles. The van der Waals surface area contributed by atoms with Crippen molar-refractivity contribution in [3.05, 3.63) is 65.5 Å². The number of hydrogen-bond acceptors (Lipinski definition) is 8. The lowest BCUT2D eigenvalue weighted by Gasteiger charge is -2.18. The molecule has 17 heteroatoms. The molecule has 0 radical (unpaired) electrons. The number of halogens is 8. The maximum atomic E-state index is 15.2. The molecule has 0 saturated carbocycles. The lowest BCUT2D eigenvalue weighted by molar-refractivity contribution is -0.276. The summed E-state index contributed by atoms with van der Waals surface area (Å²) in [7, 11) is 1.87. The SMILES string of the molecule is COC(=O)c1cc(NC(=O)c2c(Oc3ccc(OC(F)(F)F)c(F)c3OC)ccc(OC(F)(F)F)c2F)ccn1. The van der Waals surface area contributed by atoms with E-state index in [4.69, 9.17) is 9.47 Å². The topological polar surface area (TPSA) is 105 Å². The molecule has 3 rings (SSSR count). The number of methoxy groups -OCH3 is 2. The van der Waals surface area contributed by atoms with E-state index in [-0.39, 0.29) is 11.4 Å². The van der Waals surface area contributed by atoms with Crippen LogP contribution in [0.4, 0.5) is 40.8 Å². The first kappa shape index (κ1) is 29.7. The molecule has 0 bridgehead atoms. The Labute approximate surface area is 218 Å². The van der Waals surface area contributed by atoms with Crippen LogP contribution in [0.5, 0.6) is 28.7 Å². The molecular weight excluding hydrogens is 568 g/mol. The molecule has 0 aliphatic carbocycles. The Morgan fingerprint density at radius 3 is 1.90 bits per heavy atom. The highest BCUT2D eigenvalue weighted by Crippen LogP contribution is 2.42. The first-order valence-corrected chi connectivity index (χ1v) is 10.4. The number of carbonyl (C=O) groups is 2. The fraction of sp³-hybridized carbons (Fsp3) is 0.174. The summed E-state index contributed by atoms with van der Waals surface area (Å²) in [4.78, 5) is 28.4. The number of anilines is 1. The molecule has 0 unspecified atom stereocenters.